The Labute approximate surface area is 148 Å². The van der Waals surface area contributed by atoms with Gasteiger partial charge in [0, 0.05) is 32.1 Å². The average molecular weight is 364 g/mol. The summed E-state index contributed by atoms with van der Waals surface area (Å²) in [7, 11) is -3.18. The van der Waals surface area contributed by atoms with Crippen molar-refractivity contribution in [3.8, 4) is 0 Å². The van der Waals surface area contributed by atoms with Crippen molar-refractivity contribution in [1.82, 2.24) is 19.2 Å². The van der Waals surface area contributed by atoms with Crippen molar-refractivity contribution in [2.45, 2.75) is 26.2 Å². The van der Waals surface area contributed by atoms with Gasteiger partial charge < -0.3 is 9.88 Å². The number of sulfonamides is 1. The van der Waals surface area contributed by atoms with Crippen molar-refractivity contribution in [1.29, 1.82) is 0 Å². The Kier molecular flexibility index (Phi) is 4.83. The van der Waals surface area contributed by atoms with Gasteiger partial charge in [-0.15, -0.1) is 0 Å². The van der Waals surface area contributed by atoms with Gasteiger partial charge in [0.1, 0.15) is 5.82 Å². The SMILES string of the molecule is CC(C)c1nc2ccc(CC(=O)N3CCN(S(C)(=O)=O)CC3)cc2[nH]1. The third kappa shape index (κ3) is 4.01. The quantitative estimate of drug-likeness (QED) is 0.887. The van der Waals surface area contributed by atoms with Crippen molar-refractivity contribution < 1.29 is 13.2 Å². The number of amides is 1. The summed E-state index contributed by atoms with van der Waals surface area (Å²) in [4.78, 5) is 22.1. The zero-order valence-corrected chi connectivity index (χ0v) is 15.6. The highest BCUT2D eigenvalue weighted by atomic mass is 32.2. The zero-order chi connectivity index (χ0) is 18.2. The summed E-state index contributed by atoms with van der Waals surface area (Å²) < 4.78 is 24.5. The Bertz CT molecular complexity index is 880. The molecule has 2 aromatic rings. The van der Waals surface area contributed by atoms with Gasteiger partial charge in [0.2, 0.25) is 15.9 Å². The van der Waals surface area contributed by atoms with Crippen LogP contribution < -0.4 is 0 Å². The van der Waals surface area contributed by atoms with Crippen LogP contribution in [-0.4, -0.2) is 65.9 Å². The van der Waals surface area contributed by atoms with Crippen molar-refractivity contribution >= 4 is 27.0 Å². The number of carbonyl (C=O) groups is 1. The summed E-state index contributed by atoms with van der Waals surface area (Å²) in [6.07, 6.45) is 1.51. The first-order chi connectivity index (χ1) is 11.7. The molecule has 25 heavy (non-hydrogen) atoms. The molecule has 1 aromatic heterocycles. The minimum atomic E-state index is -3.18. The van der Waals surface area contributed by atoms with Gasteiger partial charge in [0.25, 0.3) is 0 Å². The van der Waals surface area contributed by atoms with Crippen molar-refractivity contribution in [3.05, 3.63) is 29.6 Å². The maximum Gasteiger partial charge on any atom is 0.227 e. The fourth-order valence-electron chi connectivity index (χ4n) is 3.02. The first kappa shape index (κ1) is 17.9. The fraction of sp³-hybridized carbons (Fsp3) is 0.529. The molecule has 0 saturated carbocycles. The maximum atomic E-state index is 12.5. The number of hydrogen-bond acceptors (Lipinski definition) is 4. The molecule has 0 spiro atoms. The van der Waals surface area contributed by atoms with E-state index in [1.165, 1.54) is 10.6 Å². The Morgan fingerprint density at radius 3 is 2.52 bits per heavy atom. The largest absolute Gasteiger partial charge is 0.342 e. The Hall–Kier alpha value is -1.93. The summed E-state index contributed by atoms with van der Waals surface area (Å²) >= 11 is 0. The molecule has 0 atom stereocenters. The first-order valence-electron chi connectivity index (χ1n) is 8.45. The Morgan fingerprint density at radius 1 is 1.24 bits per heavy atom. The molecule has 136 valence electrons. The van der Waals surface area contributed by atoms with Gasteiger partial charge in [-0.3, -0.25) is 4.79 Å². The van der Waals surface area contributed by atoms with Crippen LogP contribution >= 0.6 is 0 Å². The van der Waals surface area contributed by atoms with Gasteiger partial charge in [-0.25, -0.2) is 13.4 Å². The van der Waals surface area contributed by atoms with Crippen LogP contribution in [0.25, 0.3) is 11.0 Å². The van der Waals surface area contributed by atoms with Crippen LogP contribution in [0, 0.1) is 0 Å². The van der Waals surface area contributed by atoms with E-state index in [9.17, 15) is 13.2 Å². The van der Waals surface area contributed by atoms with Crippen molar-refractivity contribution in [2.75, 3.05) is 32.4 Å². The summed E-state index contributed by atoms with van der Waals surface area (Å²) in [5.74, 6) is 1.29. The van der Waals surface area contributed by atoms with E-state index in [0.717, 1.165) is 22.4 Å². The molecule has 1 N–H and O–H groups in total. The normalized spacial score (nSPS) is 16.7. The van der Waals surface area contributed by atoms with Gasteiger partial charge in [0.15, 0.2) is 0 Å². The standard InChI is InChI=1S/C17H24N4O3S/c1-12(2)17-18-14-5-4-13(10-15(14)19-17)11-16(22)20-6-8-21(9-7-20)25(3,23)24/h4-5,10,12H,6-9,11H2,1-3H3,(H,18,19). The van der Waals surface area contributed by atoms with Gasteiger partial charge in [-0.2, -0.15) is 4.31 Å². The molecule has 1 aliphatic heterocycles. The highest BCUT2D eigenvalue weighted by Gasteiger charge is 2.26. The molecule has 0 unspecified atom stereocenters. The molecule has 0 radical (unpaired) electrons. The monoisotopic (exact) mass is 364 g/mol. The topological polar surface area (TPSA) is 86.4 Å². The number of aromatic nitrogens is 2. The number of piperazine rings is 1. The average Bonchev–Trinajstić information content (AvgIpc) is 2.98. The number of aromatic amines is 1. The number of carbonyl (C=O) groups excluding carboxylic acids is 1. The molecule has 2 heterocycles. The third-order valence-electron chi connectivity index (χ3n) is 4.53. The Balaban J connectivity index is 1.66. The van der Waals surface area contributed by atoms with Crippen molar-refractivity contribution in [3.63, 3.8) is 0 Å². The highest BCUT2D eigenvalue weighted by molar-refractivity contribution is 7.88. The molecule has 0 bridgehead atoms. The molecule has 3 rings (SSSR count). The lowest BCUT2D eigenvalue weighted by atomic mass is 10.1. The lowest BCUT2D eigenvalue weighted by Crippen LogP contribution is -2.50. The second-order valence-electron chi connectivity index (χ2n) is 6.85. The van der Waals surface area contributed by atoms with E-state index >= 15 is 0 Å². The number of nitrogens with zero attached hydrogens (tertiary/aromatic N) is 3. The van der Waals surface area contributed by atoms with E-state index < -0.39 is 10.0 Å². The van der Waals surface area contributed by atoms with E-state index in [1.54, 1.807) is 4.90 Å². The number of benzene rings is 1. The van der Waals surface area contributed by atoms with Crippen LogP contribution in [-0.2, 0) is 21.2 Å². The predicted octanol–water partition coefficient (Wildman–Crippen LogP) is 1.33. The third-order valence-corrected chi connectivity index (χ3v) is 5.83. The molecule has 0 aliphatic carbocycles. The predicted molar refractivity (Wildman–Crippen MR) is 96.9 cm³/mol. The molecule has 1 aliphatic rings. The summed E-state index contributed by atoms with van der Waals surface area (Å²) in [5.41, 5.74) is 2.78. The second-order valence-corrected chi connectivity index (χ2v) is 8.83. The van der Waals surface area contributed by atoms with E-state index in [1.807, 2.05) is 18.2 Å². The number of hydrogen-bond donors (Lipinski definition) is 1. The summed E-state index contributed by atoms with van der Waals surface area (Å²) in [6, 6.07) is 5.83. The Morgan fingerprint density at radius 2 is 1.92 bits per heavy atom. The number of H-pyrrole nitrogens is 1. The fourth-order valence-corrected chi connectivity index (χ4v) is 3.84. The highest BCUT2D eigenvalue weighted by Crippen LogP contribution is 2.19. The molecule has 1 saturated heterocycles. The van der Waals surface area contributed by atoms with Crippen LogP contribution in [0.2, 0.25) is 0 Å². The summed E-state index contributed by atoms with van der Waals surface area (Å²) in [6.45, 7) is 5.77. The van der Waals surface area contributed by atoms with E-state index in [0.29, 0.717) is 38.5 Å². The second kappa shape index (κ2) is 6.76. The van der Waals surface area contributed by atoms with Crippen LogP contribution in [0.5, 0.6) is 0 Å². The lowest BCUT2D eigenvalue weighted by molar-refractivity contribution is -0.131. The molecule has 1 fully saturated rings. The first-order valence-corrected chi connectivity index (χ1v) is 10.3. The number of rotatable bonds is 4. The summed E-state index contributed by atoms with van der Waals surface area (Å²) in [5, 5.41) is 0. The van der Waals surface area contributed by atoms with Gasteiger partial charge in [-0.05, 0) is 17.7 Å². The molecule has 1 aromatic carbocycles. The lowest BCUT2D eigenvalue weighted by Gasteiger charge is -2.33. The van der Waals surface area contributed by atoms with Crippen LogP contribution in [0.3, 0.4) is 0 Å². The van der Waals surface area contributed by atoms with Gasteiger partial charge in [-0.1, -0.05) is 19.9 Å². The molecular weight excluding hydrogens is 340 g/mol. The number of nitrogens with one attached hydrogen (secondary N) is 1. The van der Waals surface area contributed by atoms with E-state index in [4.69, 9.17) is 0 Å². The molecular formula is C17H24N4O3S. The number of fused-ring (bicyclic) bond motifs is 1. The van der Waals surface area contributed by atoms with Gasteiger partial charge >= 0.3 is 0 Å². The van der Waals surface area contributed by atoms with Gasteiger partial charge in [0.05, 0.1) is 23.7 Å². The number of imidazole rings is 1. The molecule has 7 nitrogen and oxygen atoms in total. The maximum absolute atomic E-state index is 12.5. The smallest absolute Gasteiger partial charge is 0.227 e. The minimum Gasteiger partial charge on any atom is -0.342 e. The van der Waals surface area contributed by atoms with Crippen LogP contribution in [0.4, 0.5) is 0 Å². The van der Waals surface area contributed by atoms with Crippen LogP contribution in [0.1, 0.15) is 31.2 Å². The van der Waals surface area contributed by atoms with Crippen LogP contribution in [0.15, 0.2) is 18.2 Å². The zero-order valence-electron chi connectivity index (χ0n) is 14.8. The molecule has 8 heteroatoms. The van der Waals surface area contributed by atoms with Crippen molar-refractivity contribution in [2.24, 2.45) is 0 Å². The minimum absolute atomic E-state index is 0.0242. The van der Waals surface area contributed by atoms with E-state index in [2.05, 4.69) is 23.8 Å². The van der Waals surface area contributed by atoms with E-state index in [-0.39, 0.29) is 5.91 Å². The molecule has 1 amide bonds.